The molecule has 5 heteroatoms. The fourth-order valence-corrected chi connectivity index (χ4v) is 1.57. The van der Waals surface area contributed by atoms with Crippen molar-refractivity contribution in [2.75, 3.05) is 0 Å². The Morgan fingerprint density at radius 1 is 1.27 bits per heavy atom. The summed E-state index contributed by atoms with van der Waals surface area (Å²) >= 11 is 5.41. The van der Waals surface area contributed by atoms with E-state index in [1.54, 1.807) is 0 Å². The van der Waals surface area contributed by atoms with Crippen molar-refractivity contribution in [1.82, 2.24) is 4.47 Å². The molecule has 15 heavy (non-hydrogen) atoms. The van der Waals surface area contributed by atoms with Crippen LogP contribution in [-0.4, -0.2) is 29.9 Å². The van der Waals surface area contributed by atoms with Crippen LogP contribution in [0.15, 0.2) is 6.58 Å². The standard InChI is InChI=1S/C10H16B3NS/c1-6(2)8(5)9-11-12-13-14(9)10(15)7(3)4/h6-7H,5H2,1-4H3. The molecule has 1 nitrogen and oxygen atoms in total. The van der Waals surface area contributed by atoms with E-state index in [0.717, 1.165) is 16.2 Å². The maximum atomic E-state index is 5.41. The molecule has 0 atom stereocenters. The van der Waals surface area contributed by atoms with Crippen molar-refractivity contribution in [2.24, 2.45) is 11.8 Å². The van der Waals surface area contributed by atoms with Gasteiger partial charge < -0.3 is 0 Å². The summed E-state index contributed by atoms with van der Waals surface area (Å²) in [5.41, 5.74) is 2.28. The van der Waals surface area contributed by atoms with Crippen molar-refractivity contribution in [2.45, 2.75) is 27.7 Å². The number of rotatable bonds is 3. The van der Waals surface area contributed by atoms with Crippen molar-refractivity contribution < 1.29 is 0 Å². The van der Waals surface area contributed by atoms with Gasteiger partial charge in [0.05, 0.1) is 0 Å². The summed E-state index contributed by atoms with van der Waals surface area (Å²) in [5, 5.41) is 0. The average molecular weight is 215 g/mol. The van der Waals surface area contributed by atoms with Gasteiger partial charge in [0.1, 0.15) is 0 Å². The predicted octanol–water partition coefficient (Wildman–Crippen LogP) is 2.00. The quantitative estimate of drug-likeness (QED) is 0.697. The van der Waals surface area contributed by atoms with Gasteiger partial charge in [-0.1, -0.05) is 0 Å². The molecule has 0 saturated carbocycles. The molecule has 0 spiro atoms. The van der Waals surface area contributed by atoms with Crippen LogP contribution in [-0.2, 0) is 0 Å². The molecule has 0 aromatic carbocycles. The van der Waals surface area contributed by atoms with Crippen LogP contribution < -0.4 is 0 Å². The molecule has 1 heterocycles. The number of hydrogen-bond acceptors (Lipinski definition) is 1. The van der Waals surface area contributed by atoms with Crippen molar-refractivity contribution >= 4 is 43.2 Å². The van der Waals surface area contributed by atoms with Crippen LogP contribution >= 0.6 is 12.2 Å². The zero-order chi connectivity index (χ0) is 11.6. The molecule has 1 aromatic rings. The Labute approximate surface area is 99.6 Å². The Bertz CT molecular complexity index is 347. The minimum atomic E-state index is 0.381. The first kappa shape index (κ1) is 12.8. The molecular formula is C10H16B3NS. The van der Waals surface area contributed by atoms with Crippen LogP contribution in [0.25, 0.3) is 5.57 Å². The Hall–Kier alpha value is -0.305. The van der Waals surface area contributed by atoms with Gasteiger partial charge in [0.2, 0.25) is 0 Å². The van der Waals surface area contributed by atoms with E-state index in [1.807, 2.05) is 13.6 Å². The van der Waals surface area contributed by atoms with Gasteiger partial charge in [0.25, 0.3) is 0 Å². The number of hydrogen-bond donors (Lipinski definition) is 0. The third-order valence-electron chi connectivity index (χ3n) is 2.51. The topological polar surface area (TPSA) is 4.93 Å². The Kier molecular flexibility index (Phi) is 4.38. The SMILES string of the molecule is C=C(c1bbbn1C(=S)C(C)C)C(C)C. The molecule has 0 unspecified atom stereocenters. The van der Waals surface area contributed by atoms with Gasteiger partial charge in [0.15, 0.2) is 0 Å². The molecule has 76 valence electrons. The molecule has 1 rings (SSSR count). The maximum absolute atomic E-state index is 5.41. The summed E-state index contributed by atoms with van der Waals surface area (Å²) in [4.78, 5) is 0.955. The van der Waals surface area contributed by atoms with E-state index < -0.39 is 0 Å². The van der Waals surface area contributed by atoms with E-state index in [4.69, 9.17) is 12.2 Å². The minimum absolute atomic E-state index is 0.381. The van der Waals surface area contributed by atoms with Crippen molar-refractivity contribution in [3.63, 3.8) is 0 Å². The van der Waals surface area contributed by atoms with E-state index >= 15 is 0 Å². The zero-order valence-corrected chi connectivity index (χ0v) is 10.8. The van der Waals surface area contributed by atoms with E-state index in [9.17, 15) is 0 Å². The van der Waals surface area contributed by atoms with E-state index in [-0.39, 0.29) is 0 Å². The summed E-state index contributed by atoms with van der Waals surface area (Å²) in [7, 11) is 0. The fraction of sp³-hybridized carbons (Fsp3) is 0.600. The third kappa shape index (κ3) is 2.84. The molecule has 0 aliphatic carbocycles. The van der Waals surface area contributed by atoms with Gasteiger partial charge in [-0.2, -0.15) is 0 Å². The van der Waals surface area contributed by atoms with Gasteiger partial charge in [-0.15, -0.1) is 0 Å². The summed E-state index contributed by atoms with van der Waals surface area (Å²) in [6, 6.07) is 0. The molecule has 0 amide bonds. The first-order valence-corrected chi connectivity index (χ1v) is 5.76. The van der Waals surface area contributed by atoms with Crippen molar-refractivity contribution in [1.29, 1.82) is 0 Å². The van der Waals surface area contributed by atoms with E-state index in [2.05, 4.69) is 45.5 Å². The number of thiocarbonyl (C=S) groups is 1. The van der Waals surface area contributed by atoms with Gasteiger partial charge >= 0.3 is 99.4 Å². The molecule has 0 N–H and O–H groups in total. The monoisotopic (exact) mass is 215 g/mol. The molecule has 1 aromatic heterocycles. The normalized spacial score (nSPS) is 10.3. The first-order chi connectivity index (χ1) is 6.95. The van der Waals surface area contributed by atoms with Gasteiger partial charge in [-0.25, -0.2) is 0 Å². The second-order valence-corrected chi connectivity index (χ2v) is 4.85. The Morgan fingerprint density at radius 3 is 2.33 bits per heavy atom. The first-order valence-electron chi connectivity index (χ1n) is 5.36. The number of nitrogens with zero attached hydrogens (tertiary/aromatic N) is 1. The molecule has 0 aliphatic rings. The average Bonchev–Trinajstić information content (AvgIpc) is 2.63. The molecule has 0 fully saturated rings. The van der Waals surface area contributed by atoms with Crippen LogP contribution in [0.4, 0.5) is 0 Å². The zero-order valence-electron chi connectivity index (χ0n) is 9.95. The molecular weight excluding hydrogens is 199 g/mol. The Balaban J connectivity index is 3.07. The summed E-state index contributed by atoms with van der Waals surface area (Å²) < 4.78 is 2.07. The Morgan fingerprint density at radius 2 is 1.87 bits per heavy atom. The summed E-state index contributed by atoms with van der Waals surface area (Å²) in [5.74, 6) is 0.833. The van der Waals surface area contributed by atoms with Crippen LogP contribution in [0.2, 0.25) is 0 Å². The fourth-order valence-electron chi connectivity index (χ4n) is 1.41. The third-order valence-corrected chi connectivity index (χ3v) is 3.17. The molecule has 0 radical (unpaired) electrons. The van der Waals surface area contributed by atoms with Crippen LogP contribution in [0, 0.1) is 11.8 Å². The van der Waals surface area contributed by atoms with E-state index in [0.29, 0.717) is 11.8 Å². The second-order valence-electron chi connectivity index (χ2n) is 4.44. The number of aromatic nitrogens is 1. The van der Waals surface area contributed by atoms with Gasteiger partial charge in [0, 0.05) is 0 Å². The van der Waals surface area contributed by atoms with Crippen LogP contribution in [0.5, 0.6) is 0 Å². The second kappa shape index (κ2) is 5.15. The predicted molar refractivity (Wildman–Crippen MR) is 75.2 cm³/mol. The molecule has 0 bridgehead atoms. The van der Waals surface area contributed by atoms with Crippen LogP contribution in [0.3, 0.4) is 0 Å². The number of allylic oxidation sites excluding steroid dienone is 1. The van der Waals surface area contributed by atoms with Gasteiger partial charge in [-0.3, -0.25) is 0 Å². The van der Waals surface area contributed by atoms with Crippen molar-refractivity contribution in [3.05, 3.63) is 12.2 Å². The molecule has 0 saturated heterocycles. The summed E-state index contributed by atoms with van der Waals surface area (Å²) in [6.07, 6.45) is 0. The summed E-state index contributed by atoms with van der Waals surface area (Å²) in [6.45, 7) is 18.8. The van der Waals surface area contributed by atoms with E-state index in [1.165, 1.54) is 0 Å². The van der Waals surface area contributed by atoms with Crippen LogP contribution in [0.1, 0.15) is 33.3 Å². The van der Waals surface area contributed by atoms with Crippen molar-refractivity contribution in [3.8, 4) is 0 Å². The van der Waals surface area contributed by atoms with Gasteiger partial charge in [-0.05, 0) is 0 Å². The molecule has 0 aliphatic heterocycles.